The largest absolute Gasteiger partial charge is 0.351 e. The third-order valence-electron chi connectivity index (χ3n) is 3.80. The van der Waals surface area contributed by atoms with Crippen molar-refractivity contribution in [1.29, 1.82) is 0 Å². The highest BCUT2D eigenvalue weighted by Gasteiger charge is 2.42. The second-order valence-corrected chi connectivity index (χ2v) is 5.57. The summed E-state index contributed by atoms with van der Waals surface area (Å²) in [6, 6.07) is 6.76. The van der Waals surface area contributed by atoms with E-state index in [1.165, 1.54) is 6.33 Å². The Bertz CT molecular complexity index is 674. The first-order chi connectivity index (χ1) is 11.0. The van der Waals surface area contributed by atoms with Gasteiger partial charge < -0.3 is 5.32 Å². The standard InChI is InChI=1S/C15H17F2N5O/c16-15(17)5-13(20-8-15)14(23)19-6-11-3-1-2-4-12(11)7-22-10-18-9-21-22/h1-4,9-10,13,20H,5-8H2,(H,19,23). The van der Waals surface area contributed by atoms with Crippen LogP contribution in [0.3, 0.4) is 0 Å². The number of nitrogens with one attached hydrogen (secondary N) is 2. The number of rotatable bonds is 5. The number of benzene rings is 1. The van der Waals surface area contributed by atoms with Gasteiger partial charge in [-0.2, -0.15) is 5.10 Å². The van der Waals surface area contributed by atoms with Crippen molar-refractivity contribution in [2.24, 2.45) is 0 Å². The van der Waals surface area contributed by atoms with Gasteiger partial charge in [-0.15, -0.1) is 0 Å². The van der Waals surface area contributed by atoms with Gasteiger partial charge in [0.1, 0.15) is 12.7 Å². The van der Waals surface area contributed by atoms with Crippen molar-refractivity contribution >= 4 is 5.91 Å². The molecule has 23 heavy (non-hydrogen) atoms. The Morgan fingerprint density at radius 1 is 1.39 bits per heavy atom. The number of alkyl halides is 2. The molecule has 0 saturated carbocycles. The predicted octanol–water partition coefficient (Wildman–Crippen LogP) is 0.940. The zero-order valence-corrected chi connectivity index (χ0v) is 12.4. The van der Waals surface area contributed by atoms with E-state index in [0.717, 1.165) is 11.1 Å². The molecule has 2 aromatic rings. The minimum atomic E-state index is -2.81. The smallest absolute Gasteiger partial charge is 0.262 e. The second-order valence-electron chi connectivity index (χ2n) is 5.57. The van der Waals surface area contributed by atoms with Crippen LogP contribution in [0.1, 0.15) is 17.5 Å². The van der Waals surface area contributed by atoms with Gasteiger partial charge >= 0.3 is 0 Å². The summed E-state index contributed by atoms with van der Waals surface area (Å²) in [6.07, 6.45) is 2.61. The normalized spacial score (nSPS) is 19.7. The monoisotopic (exact) mass is 321 g/mol. The molecule has 1 fully saturated rings. The van der Waals surface area contributed by atoms with E-state index in [9.17, 15) is 13.6 Å². The first kappa shape index (κ1) is 15.5. The molecule has 2 heterocycles. The van der Waals surface area contributed by atoms with Crippen molar-refractivity contribution in [3.05, 3.63) is 48.0 Å². The Balaban J connectivity index is 1.61. The Morgan fingerprint density at radius 2 is 2.17 bits per heavy atom. The van der Waals surface area contributed by atoms with Gasteiger partial charge in [-0.1, -0.05) is 24.3 Å². The van der Waals surface area contributed by atoms with Crippen molar-refractivity contribution in [3.63, 3.8) is 0 Å². The molecule has 1 amide bonds. The van der Waals surface area contributed by atoms with Crippen LogP contribution in [0.2, 0.25) is 0 Å². The number of carbonyl (C=O) groups is 1. The lowest BCUT2D eigenvalue weighted by molar-refractivity contribution is -0.123. The van der Waals surface area contributed by atoms with Crippen LogP contribution >= 0.6 is 0 Å². The van der Waals surface area contributed by atoms with Crippen molar-refractivity contribution in [2.45, 2.75) is 31.5 Å². The minimum Gasteiger partial charge on any atom is -0.351 e. The number of aromatic nitrogens is 3. The summed E-state index contributed by atoms with van der Waals surface area (Å²) >= 11 is 0. The molecule has 1 aliphatic heterocycles. The fourth-order valence-corrected chi connectivity index (χ4v) is 2.58. The summed E-state index contributed by atoms with van der Waals surface area (Å²) in [6.45, 7) is 0.368. The molecule has 1 saturated heterocycles. The van der Waals surface area contributed by atoms with Crippen LogP contribution in [-0.4, -0.2) is 39.2 Å². The van der Waals surface area contributed by atoms with Crippen molar-refractivity contribution in [3.8, 4) is 0 Å². The SMILES string of the molecule is O=C(NCc1ccccc1Cn1cncn1)C1CC(F)(F)CN1. The summed E-state index contributed by atoms with van der Waals surface area (Å²) in [5.74, 6) is -3.22. The van der Waals surface area contributed by atoms with E-state index in [1.54, 1.807) is 11.0 Å². The molecule has 1 aromatic heterocycles. The predicted molar refractivity (Wildman–Crippen MR) is 78.8 cm³/mol. The van der Waals surface area contributed by atoms with Gasteiger partial charge in [0.05, 0.1) is 19.1 Å². The minimum absolute atomic E-state index is 0.285. The molecule has 2 N–H and O–H groups in total. The van der Waals surface area contributed by atoms with E-state index < -0.39 is 30.8 Å². The van der Waals surface area contributed by atoms with Gasteiger partial charge in [-0.05, 0) is 11.1 Å². The summed E-state index contributed by atoms with van der Waals surface area (Å²) in [7, 11) is 0. The van der Waals surface area contributed by atoms with Gasteiger partial charge in [0, 0.05) is 13.0 Å². The number of amides is 1. The average Bonchev–Trinajstić information content (AvgIpc) is 3.15. The lowest BCUT2D eigenvalue weighted by Crippen LogP contribution is -2.40. The summed E-state index contributed by atoms with van der Waals surface area (Å²) in [4.78, 5) is 15.9. The third kappa shape index (κ3) is 3.89. The molecule has 6 nitrogen and oxygen atoms in total. The molecular weight excluding hydrogens is 304 g/mol. The Kier molecular flexibility index (Phi) is 4.33. The van der Waals surface area contributed by atoms with Crippen LogP contribution in [0.4, 0.5) is 8.78 Å². The van der Waals surface area contributed by atoms with Crippen LogP contribution in [-0.2, 0) is 17.9 Å². The van der Waals surface area contributed by atoms with Crippen LogP contribution < -0.4 is 10.6 Å². The molecular formula is C15H17F2N5O. The fourth-order valence-electron chi connectivity index (χ4n) is 2.58. The van der Waals surface area contributed by atoms with Crippen LogP contribution in [0, 0.1) is 0 Å². The van der Waals surface area contributed by atoms with E-state index in [1.807, 2.05) is 24.3 Å². The van der Waals surface area contributed by atoms with E-state index in [-0.39, 0.29) is 6.54 Å². The van der Waals surface area contributed by atoms with E-state index >= 15 is 0 Å². The topological polar surface area (TPSA) is 71.8 Å². The lowest BCUT2D eigenvalue weighted by Gasteiger charge is -2.13. The van der Waals surface area contributed by atoms with E-state index in [4.69, 9.17) is 0 Å². The van der Waals surface area contributed by atoms with Crippen molar-refractivity contribution < 1.29 is 13.6 Å². The summed E-state index contributed by atoms with van der Waals surface area (Å²) in [5.41, 5.74) is 1.91. The van der Waals surface area contributed by atoms with Crippen LogP contribution in [0.15, 0.2) is 36.9 Å². The second kappa shape index (κ2) is 6.41. The van der Waals surface area contributed by atoms with Gasteiger partial charge in [-0.25, -0.2) is 18.4 Å². The number of carbonyl (C=O) groups excluding carboxylic acids is 1. The quantitative estimate of drug-likeness (QED) is 0.860. The number of nitrogens with zero attached hydrogens (tertiary/aromatic N) is 3. The molecule has 0 spiro atoms. The maximum absolute atomic E-state index is 13.1. The number of hydrogen-bond acceptors (Lipinski definition) is 4. The molecule has 122 valence electrons. The average molecular weight is 321 g/mol. The highest BCUT2D eigenvalue weighted by atomic mass is 19.3. The van der Waals surface area contributed by atoms with Gasteiger partial charge in [0.15, 0.2) is 0 Å². The van der Waals surface area contributed by atoms with E-state index in [2.05, 4.69) is 20.7 Å². The summed E-state index contributed by atoms with van der Waals surface area (Å²) < 4.78 is 28.0. The molecule has 0 bridgehead atoms. The first-order valence-corrected chi connectivity index (χ1v) is 7.32. The maximum Gasteiger partial charge on any atom is 0.262 e. The van der Waals surface area contributed by atoms with Crippen LogP contribution in [0.25, 0.3) is 0 Å². The van der Waals surface area contributed by atoms with Gasteiger partial charge in [0.25, 0.3) is 5.92 Å². The van der Waals surface area contributed by atoms with Gasteiger partial charge in [0.2, 0.25) is 5.91 Å². The van der Waals surface area contributed by atoms with Crippen LogP contribution in [0.5, 0.6) is 0 Å². The lowest BCUT2D eigenvalue weighted by atomic mass is 10.1. The third-order valence-corrected chi connectivity index (χ3v) is 3.80. The highest BCUT2D eigenvalue weighted by molar-refractivity contribution is 5.82. The maximum atomic E-state index is 13.1. The van der Waals surface area contributed by atoms with Gasteiger partial charge in [-0.3, -0.25) is 10.1 Å². The molecule has 1 aliphatic rings. The summed E-state index contributed by atoms with van der Waals surface area (Å²) in [5, 5.41) is 9.32. The first-order valence-electron chi connectivity index (χ1n) is 7.32. The van der Waals surface area contributed by atoms with E-state index in [0.29, 0.717) is 6.54 Å². The Hall–Kier alpha value is -2.35. The molecule has 1 atom stereocenters. The Morgan fingerprint density at radius 3 is 2.83 bits per heavy atom. The number of halogens is 2. The zero-order chi connectivity index (χ0) is 16.3. The fraction of sp³-hybridized carbons (Fsp3) is 0.400. The molecule has 3 rings (SSSR count). The molecule has 1 aromatic carbocycles. The molecule has 0 aliphatic carbocycles. The highest BCUT2D eigenvalue weighted by Crippen LogP contribution is 2.25. The number of hydrogen-bond donors (Lipinski definition) is 2. The Labute approximate surface area is 131 Å². The van der Waals surface area contributed by atoms with Crippen molar-refractivity contribution in [2.75, 3.05) is 6.54 Å². The van der Waals surface area contributed by atoms with Crippen molar-refractivity contribution in [1.82, 2.24) is 25.4 Å². The molecule has 1 unspecified atom stereocenters. The zero-order valence-electron chi connectivity index (χ0n) is 12.4. The molecule has 0 radical (unpaired) electrons. The molecule has 8 heteroatoms.